The zero-order valence-electron chi connectivity index (χ0n) is 11.7. The summed E-state index contributed by atoms with van der Waals surface area (Å²) < 4.78 is 0. The Morgan fingerprint density at radius 2 is 2.00 bits per heavy atom. The van der Waals surface area contributed by atoms with E-state index in [1.165, 1.54) is 0 Å². The Morgan fingerprint density at radius 3 is 2.71 bits per heavy atom. The van der Waals surface area contributed by atoms with Gasteiger partial charge >= 0.3 is 5.97 Å². The summed E-state index contributed by atoms with van der Waals surface area (Å²) in [5.74, 6) is -0.960. The van der Waals surface area contributed by atoms with Crippen molar-refractivity contribution in [3.63, 3.8) is 0 Å². The standard InChI is InChI=1S/C17H15NO3/c1-11-4-2-3-5-13(11)10-18-15-7-6-12(17(20)21)8-14(15)9-16(18)19/h2-8H,9-10H2,1H3,(H,20,21). The van der Waals surface area contributed by atoms with Gasteiger partial charge in [-0.05, 0) is 41.8 Å². The molecule has 2 aromatic rings. The molecule has 0 aromatic heterocycles. The number of rotatable bonds is 3. The number of carboxylic acid groups (broad SMARTS) is 1. The van der Waals surface area contributed by atoms with E-state index in [0.717, 1.165) is 22.4 Å². The van der Waals surface area contributed by atoms with Gasteiger partial charge in [-0.2, -0.15) is 0 Å². The van der Waals surface area contributed by atoms with Crippen LogP contribution in [0.15, 0.2) is 42.5 Å². The Morgan fingerprint density at radius 1 is 1.24 bits per heavy atom. The van der Waals surface area contributed by atoms with E-state index in [1.54, 1.807) is 23.1 Å². The highest BCUT2D eigenvalue weighted by Crippen LogP contribution is 2.31. The molecule has 0 saturated heterocycles. The van der Waals surface area contributed by atoms with Crippen molar-refractivity contribution in [3.8, 4) is 0 Å². The van der Waals surface area contributed by atoms with Gasteiger partial charge in [-0.15, -0.1) is 0 Å². The number of carbonyl (C=O) groups is 2. The number of anilines is 1. The molecule has 3 rings (SSSR count). The van der Waals surface area contributed by atoms with Crippen molar-refractivity contribution in [2.45, 2.75) is 19.9 Å². The van der Waals surface area contributed by atoms with Crippen molar-refractivity contribution in [2.75, 3.05) is 4.90 Å². The smallest absolute Gasteiger partial charge is 0.335 e. The summed E-state index contributed by atoms with van der Waals surface area (Å²) in [7, 11) is 0. The molecule has 0 fully saturated rings. The summed E-state index contributed by atoms with van der Waals surface area (Å²) in [6.07, 6.45) is 0.266. The van der Waals surface area contributed by atoms with E-state index in [9.17, 15) is 9.59 Å². The van der Waals surface area contributed by atoms with Crippen LogP contribution in [0.5, 0.6) is 0 Å². The summed E-state index contributed by atoms with van der Waals surface area (Å²) in [5.41, 5.74) is 4.06. The maximum absolute atomic E-state index is 12.2. The molecule has 0 radical (unpaired) electrons. The topological polar surface area (TPSA) is 57.6 Å². The van der Waals surface area contributed by atoms with E-state index in [1.807, 2.05) is 31.2 Å². The number of fused-ring (bicyclic) bond motifs is 1. The lowest BCUT2D eigenvalue weighted by atomic mass is 10.1. The maximum atomic E-state index is 12.2. The number of aromatic carboxylic acids is 1. The summed E-state index contributed by atoms with van der Waals surface area (Å²) >= 11 is 0. The highest BCUT2D eigenvalue weighted by Gasteiger charge is 2.28. The largest absolute Gasteiger partial charge is 0.478 e. The number of benzene rings is 2. The van der Waals surface area contributed by atoms with Crippen LogP contribution in [0.2, 0.25) is 0 Å². The number of nitrogens with zero attached hydrogens (tertiary/aromatic N) is 1. The Balaban J connectivity index is 1.94. The third-order valence-corrected chi connectivity index (χ3v) is 3.85. The van der Waals surface area contributed by atoms with Crippen LogP contribution < -0.4 is 4.90 Å². The van der Waals surface area contributed by atoms with Crippen molar-refractivity contribution in [2.24, 2.45) is 0 Å². The number of carboxylic acids is 1. The molecule has 1 amide bonds. The second-order valence-corrected chi connectivity index (χ2v) is 5.23. The lowest BCUT2D eigenvalue weighted by Gasteiger charge is -2.19. The van der Waals surface area contributed by atoms with E-state index in [0.29, 0.717) is 6.54 Å². The fourth-order valence-corrected chi connectivity index (χ4v) is 2.65. The summed E-state index contributed by atoms with van der Waals surface area (Å²) in [4.78, 5) is 24.9. The van der Waals surface area contributed by atoms with Crippen LogP contribution in [-0.2, 0) is 17.8 Å². The quantitative estimate of drug-likeness (QED) is 0.941. The number of amides is 1. The molecule has 0 unspecified atom stereocenters. The predicted molar refractivity (Wildman–Crippen MR) is 79.5 cm³/mol. The van der Waals surface area contributed by atoms with E-state index in [-0.39, 0.29) is 17.9 Å². The van der Waals surface area contributed by atoms with Gasteiger partial charge in [0.25, 0.3) is 0 Å². The number of carbonyl (C=O) groups excluding carboxylic acids is 1. The molecule has 106 valence electrons. The lowest BCUT2D eigenvalue weighted by molar-refractivity contribution is -0.117. The Hall–Kier alpha value is -2.62. The molecule has 1 aliphatic rings. The van der Waals surface area contributed by atoms with Crippen LogP contribution >= 0.6 is 0 Å². The molecule has 0 aliphatic carbocycles. The minimum absolute atomic E-state index is 0.00999. The van der Waals surface area contributed by atoms with Gasteiger partial charge in [0.2, 0.25) is 5.91 Å². The Bertz CT molecular complexity index is 737. The molecule has 1 N–H and O–H groups in total. The molecule has 21 heavy (non-hydrogen) atoms. The molecule has 0 bridgehead atoms. The fraction of sp³-hybridized carbons (Fsp3) is 0.176. The van der Waals surface area contributed by atoms with E-state index in [2.05, 4.69) is 0 Å². The van der Waals surface area contributed by atoms with Crippen molar-refractivity contribution >= 4 is 17.6 Å². The Labute approximate surface area is 122 Å². The van der Waals surface area contributed by atoms with Gasteiger partial charge in [-0.25, -0.2) is 4.79 Å². The van der Waals surface area contributed by atoms with Gasteiger partial charge < -0.3 is 10.0 Å². The van der Waals surface area contributed by atoms with Crippen LogP contribution in [0.4, 0.5) is 5.69 Å². The van der Waals surface area contributed by atoms with Crippen LogP contribution in [0.25, 0.3) is 0 Å². The average molecular weight is 281 g/mol. The molecule has 1 heterocycles. The van der Waals surface area contributed by atoms with Crippen molar-refractivity contribution in [1.82, 2.24) is 0 Å². The normalized spacial score (nSPS) is 13.4. The molecule has 0 atom stereocenters. The monoisotopic (exact) mass is 281 g/mol. The third kappa shape index (κ3) is 2.40. The Kier molecular flexibility index (Phi) is 3.22. The van der Waals surface area contributed by atoms with Gasteiger partial charge in [0.05, 0.1) is 18.5 Å². The number of hydrogen-bond donors (Lipinski definition) is 1. The zero-order valence-corrected chi connectivity index (χ0v) is 11.7. The zero-order chi connectivity index (χ0) is 15.0. The van der Waals surface area contributed by atoms with Gasteiger partial charge in [0.1, 0.15) is 0 Å². The first kappa shape index (κ1) is 13.4. The molecular formula is C17H15NO3. The number of aryl methyl sites for hydroxylation is 1. The first-order valence-electron chi connectivity index (χ1n) is 6.77. The predicted octanol–water partition coefficient (Wildman–Crippen LogP) is 2.78. The summed E-state index contributed by atoms with van der Waals surface area (Å²) in [6.45, 7) is 2.54. The molecule has 0 spiro atoms. The van der Waals surface area contributed by atoms with Gasteiger partial charge in [-0.1, -0.05) is 24.3 Å². The number of hydrogen-bond acceptors (Lipinski definition) is 2. The second-order valence-electron chi connectivity index (χ2n) is 5.23. The highest BCUT2D eigenvalue weighted by atomic mass is 16.4. The van der Waals surface area contributed by atoms with Crippen LogP contribution in [-0.4, -0.2) is 17.0 Å². The summed E-state index contributed by atoms with van der Waals surface area (Å²) in [6, 6.07) is 12.8. The molecule has 0 saturated carbocycles. The maximum Gasteiger partial charge on any atom is 0.335 e. The van der Waals surface area contributed by atoms with Crippen LogP contribution in [0.3, 0.4) is 0 Å². The van der Waals surface area contributed by atoms with Gasteiger partial charge in [0.15, 0.2) is 0 Å². The first-order valence-corrected chi connectivity index (χ1v) is 6.77. The molecule has 1 aliphatic heterocycles. The minimum atomic E-state index is -0.970. The lowest BCUT2D eigenvalue weighted by Crippen LogP contribution is -2.26. The highest BCUT2D eigenvalue weighted by molar-refractivity contribution is 6.02. The molecule has 4 heteroatoms. The minimum Gasteiger partial charge on any atom is -0.478 e. The molecule has 4 nitrogen and oxygen atoms in total. The van der Waals surface area contributed by atoms with E-state index in [4.69, 9.17) is 5.11 Å². The van der Waals surface area contributed by atoms with Crippen LogP contribution in [0.1, 0.15) is 27.0 Å². The average Bonchev–Trinajstić information content (AvgIpc) is 2.76. The van der Waals surface area contributed by atoms with Gasteiger partial charge in [-0.3, -0.25) is 4.79 Å². The fourth-order valence-electron chi connectivity index (χ4n) is 2.65. The van der Waals surface area contributed by atoms with Gasteiger partial charge in [0, 0.05) is 5.69 Å². The van der Waals surface area contributed by atoms with Crippen molar-refractivity contribution < 1.29 is 14.7 Å². The molecular weight excluding hydrogens is 266 g/mol. The van der Waals surface area contributed by atoms with Crippen molar-refractivity contribution in [1.29, 1.82) is 0 Å². The summed E-state index contributed by atoms with van der Waals surface area (Å²) in [5, 5.41) is 9.02. The second kappa shape index (κ2) is 5.05. The van der Waals surface area contributed by atoms with E-state index >= 15 is 0 Å². The SMILES string of the molecule is Cc1ccccc1CN1C(=O)Cc2cc(C(=O)O)ccc21. The van der Waals surface area contributed by atoms with Crippen molar-refractivity contribution in [3.05, 3.63) is 64.7 Å². The molecule has 2 aromatic carbocycles. The first-order chi connectivity index (χ1) is 10.1. The van der Waals surface area contributed by atoms with Crippen LogP contribution in [0, 0.1) is 6.92 Å². The van der Waals surface area contributed by atoms with E-state index < -0.39 is 5.97 Å². The third-order valence-electron chi connectivity index (χ3n) is 3.85.